The molecule has 1 unspecified atom stereocenters. The maximum Gasteiger partial charge on any atom is 0.0515 e. The number of rotatable bonds is 2. The first-order valence-electron chi connectivity index (χ1n) is 1.78. The summed E-state index contributed by atoms with van der Waals surface area (Å²) in [4.78, 5) is 0. The van der Waals surface area contributed by atoms with E-state index in [4.69, 9.17) is 10.2 Å². The zero-order valence-electron chi connectivity index (χ0n) is 3.46. The molecule has 0 aliphatic rings. The maximum atomic E-state index is 8.15. The zero-order chi connectivity index (χ0) is 4.99. The molecule has 0 bridgehead atoms. The van der Waals surface area contributed by atoms with Gasteiger partial charge in [0.2, 0.25) is 0 Å². The van der Waals surface area contributed by atoms with Crippen molar-refractivity contribution in [1.29, 1.82) is 0 Å². The van der Waals surface area contributed by atoms with Gasteiger partial charge in [-0.1, -0.05) is 0 Å². The van der Waals surface area contributed by atoms with Crippen LogP contribution in [0.4, 0.5) is 0 Å². The smallest absolute Gasteiger partial charge is 0.0515 e. The SMILES string of the molecule is OCC(P)CO. The van der Waals surface area contributed by atoms with Crippen molar-refractivity contribution < 1.29 is 10.2 Å². The molecular formula is C3H9O2P. The molecule has 3 heteroatoms. The van der Waals surface area contributed by atoms with Crippen LogP contribution >= 0.6 is 9.24 Å². The van der Waals surface area contributed by atoms with Crippen LogP contribution in [0.1, 0.15) is 0 Å². The van der Waals surface area contributed by atoms with Gasteiger partial charge in [0.15, 0.2) is 0 Å². The predicted octanol–water partition coefficient (Wildman–Crippen LogP) is -0.785. The molecule has 0 saturated heterocycles. The normalized spacial score (nSPS) is 10.0. The minimum Gasteiger partial charge on any atom is -0.396 e. The second kappa shape index (κ2) is 3.54. The van der Waals surface area contributed by atoms with Gasteiger partial charge in [0.25, 0.3) is 0 Å². The van der Waals surface area contributed by atoms with Gasteiger partial charge >= 0.3 is 0 Å². The van der Waals surface area contributed by atoms with Crippen LogP contribution < -0.4 is 0 Å². The van der Waals surface area contributed by atoms with Crippen molar-refractivity contribution in [3.05, 3.63) is 0 Å². The molecule has 0 aromatic rings. The molecule has 38 valence electrons. The number of aliphatic hydroxyl groups is 2. The van der Waals surface area contributed by atoms with E-state index in [-0.39, 0.29) is 18.9 Å². The Labute approximate surface area is 39.4 Å². The van der Waals surface area contributed by atoms with E-state index < -0.39 is 0 Å². The van der Waals surface area contributed by atoms with E-state index >= 15 is 0 Å². The predicted molar refractivity (Wildman–Crippen MR) is 27.7 cm³/mol. The van der Waals surface area contributed by atoms with Gasteiger partial charge in [-0.2, -0.15) is 0 Å². The van der Waals surface area contributed by atoms with E-state index in [1.54, 1.807) is 0 Å². The first-order chi connectivity index (χ1) is 2.81. The largest absolute Gasteiger partial charge is 0.396 e. The molecule has 0 radical (unpaired) electrons. The third kappa shape index (κ3) is 2.58. The lowest BCUT2D eigenvalue weighted by Gasteiger charge is -1.97. The lowest BCUT2D eigenvalue weighted by Crippen LogP contribution is -2.07. The third-order valence-corrected chi connectivity index (χ3v) is 0.891. The topological polar surface area (TPSA) is 40.5 Å². The zero-order valence-corrected chi connectivity index (χ0v) is 4.62. The van der Waals surface area contributed by atoms with Gasteiger partial charge in [0.05, 0.1) is 13.2 Å². The summed E-state index contributed by atoms with van der Waals surface area (Å²) in [5, 5.41) is 16.3. The molecule has 2 nitrogen and oxygen atoms in total. The molecule has 0 aromatic heterocycles. The molecule has 1 atom stereocenters. The highest BCUT2D eigenvalue weighted by Crippen LogP contribution is 1.93. The van der Waals surface area contributed by atoms with Gasteiger partial charge < -0.3 is 10.2 Å². The van der Waals surface area contributed by atoms with Crippen molar-refractivity contribution in [2.45, 2.75) is 5.66 Å². The Hall–Kier alpha value is 0.350. The first kappa shape index (κ1) is 6.35. The van der Waals surface area contributed by atoms with Crippen LogP contribution in [0, 0.1) is 0 Å². The summed E-state index contributed by atoms with van der Waals surface area (Å²) in [6, 6.07) is 0. The van der Waals surface area contributed by atoms with Gasteiger partial charge in [-0.3, -0.25) is 0 Å². The third-order valence-electron chi connectivity index (χ3n) is 0.469. The van der Waals surface area contributed by atoms with Gasteiger partial charge in [-0.05, 0) is 0 Å². The summed E-state index contributed by atoms with van der Waals surface area (Å²) in [6.45, 7) is 0.0856. The Balaban J connectivity index is 2.75. The monoisotopic (exact) mass is 108 g/mol. The van der Waals surface area contributed by atoms with Crippen LogP contribution in [0.3, 0.4) is 0 Å². The Morgan fingerprint density at radius 1 is 1.33 bits per heavy atom. The molecule has 0 saturated carbocycles. The summed E-state index contributed by atoms with van der Waals surface area (Å²) in [7, 11) is 2.31. The molecule has 0 aromatic carbocycles. The second-order valence-electron chi connectivity index (χ2n) is 1.13. The number of aliphatic hydroxyl groups excluding tert-OH is 2. The van der Waals surface area contributed by atoms with Crippen LogP contribution in [0.15, 0.2) is 0 Å². The van der Waals surface area contributed by atoms with E-state index in [9.17, 15) is 0 Å². The van der Waals surface area contributed by atoms with Gasteiger partial charge in [-0.25, -0.2) is 0 Å². The minimum absolute atomic E-state index is 0.0370. The number of hydrogen-bond acceptors (Lipinski definition) is 2. The van der Waals surface area contributed by atoms with E-state index in [1.165, 1.54) is 0 Å². The second-order valence-corrected chi connectivity index (χ2v) is 2.07. The van der Waals surface area contributed by atoms with Crippen LogP contribution in [-0.2, 0) is 0 Å². The standard InChI is InChI=1S/C3H9O2P/c4-1-3(6)2-5/h3-5H,1-2,6H2. The van der Waals surface area contributed by atoms with Crippen molar-refractivity contribution in [3.63, 3.8) is 0 Å². The van der Waals surface area contributed by atoms with Crippen molar-refractivity contribution >= 4 is 9.24 Å². The summed E-state index contributed by atoms with van der Waals surface area (Å²) in [6.07, 6.45) is 0. The Kier molecular flexibility index (Phi) is 3.74. The summed E-state index contributed by atoms with van der Waals surface area (Å²) >= 11 is 0. The molecule has 0 rings (SSSR count). The maximum absolute atomic E-state index is 8.15. The van der Waals surface area contributed by atoms with Crippen molar-refractivity contribution in [3.8, 4) is 0 Å². The molecule has 6 heavy (non-hydrogen) atoms. The van der Waals surface area contributed by atoms with E-state index in [2.05, 4.69) is 9.24 Å². The average Bonchev–Trinajstić information content (AvgIpc) is 1.65. The fourth-order valence-corrected chi connectivity index (χ4v) is 0.0577. The molecule has 0 heterocycles. The highest BCUT2D eigenvalue weighted by molar-refractivity contribution is 7.17. The minimum atomic E-state index is -0.0370. The molecule has 2 N–H and O–H groups in total. The summed E-state index contributed by atoms with van der Waals surface area (Å²) in [5.41, 5.74) is -0.0370. The van der Waals surface area contributed by atoms with Crippen molar-refractivity contribution in [1.82, 2.24) is 0 Å². The fourth-order valence-electron chi connectivity index (χ4n) is 0.0577. The van der Waals surface area contributed by atoms with Gasteiger partial charge in [-0.15, -0.1) is 9.24 Å². The van der Waals surface area contributed by atoms with E-state index in [0.717, 1.165) is 0 Å². The first-order valence-corrected chi connectivity index (χ1v) is 2.45. The summed E-state index contributed by atoms with van der Waals surface area (Å²) in [5.74, 6) is 0. The lowest BCUT2D eigenvalue weighted by atomic mass is 10.5. The van der Waals surface area contributed by atoms with Crippen LogP contribution in [0.2, 0.25) is 0 Å². The molecular weight excluding hydrogens is 99.0 g/mol. The fraction of sp³-hybridized carbons (Fsp3) is 1.00. The van der Waals surface area contributed by atoms with E-state index in [0.29, 0.717) is 0 Å². The molecule has 0 aliphatic carbocycles. The van der Waals surface area contributed by atoms with Crippen molar-refractivity contribution in [2.24, 2.45) is 0 Å². The van der Waals surface area contributed by atoms with Crippen LogP contribution in [0.5, 0.6) is 0 Å². The molecule has 0 aliphatic heterocycles. The number of hydrogen-bond donors (Lipinski definition) is 2. The Bertz CT molecular complexity index is 28.0. The molecule has 0 spiro atoms. The van der Waals surface area contributed by atoms with E-state index in [1.807, 2.05) is 0 Å². The van der Waals surface area contributed by atoms with Crippen LogP contribution in [-0.4, -0.2) is 29.1 Å². The van der Waals surface area contributed by atoms with Crippen LogP contribution in [0.25, 0.3) is 0 Å². The molecule has 0 fully saturated rings. The van der Waals surface area contributed by atoms with Crippen molar-refractivity contribution in [2.75, 3.05) is 13.2 Å². The quantitative estimate of drug-likeness (QED) is 0.455. The lowest BCUT2D eigenvalue weighted by molar-refractivity contribution is 0.228. The average molecular weight is 108 g/mol. The molecule has 0 amide bonds. The summed E-state index contributed by atoms with van der Waals surface area (Å²) < 4.78 is 0. The highest BCUT2D eigenvalue weighted by atomic mass is 31.0. The van der Waals surface area contributed by atoms with Gasteiger partial charge in [0.1, 0.15) is 0 Å². The Morgan fingerprint density at radius 3 is 1.67 bits per heavy atom. The van der Waals surface area contributed by atoms with Gasteiger partial charge in [0, 0.05) is 5.66 Å². The highest BCUT2D eigenvalue weighted by Gasteiger charge is 1.91. The Morgan fingerprint density at radius 2 is 1.67 bits per heavy atom.